The van der Waals surface area contributed by atoms with Crippen molar-refractivity contribution < 1.29 is 9.90 Å². The Balaban J connectivity index is 1.64. The molecule has 0 aromatic heterocycles. The van der Waals surface area contributed by atoms with Crippen molar-refractivity contribution in [1.82, 2.24) is 0 Å². The molecule has 1 saturated carbocycles. The molecule has 2 atom stereocenters. The average Bonchev–Trinajstić information content (AvgIpc) is 2.86. The molecule has 4 heteroatoms. The van der Waals surface area contributed by atoms with Gasteiger partial charge in [-0.3, -0.25) is 0 Å². The van der Waals surface area contributed by atoms with Crippen molar-refractivity contribution in [2.75, 3.05) is 5.32 Å². The molecule has 2 aliphatic carbocycles. The highest BCUT2D eigenvalue weighted by atomic mass is 35.5. The summed E-state index contributed by atoms with van der Waals surface area (Å²) in [6.07, 6.45) is 2.99. The van der Waals surface area contributed by atoms with Gasteiger partial charge in [0.2, 0.25) is 0 Å². The fourth-order valence-electron chi connectivity index (χ4n) is 5.42. The third-order valence-electron chi connectivity index (χ3n) is 7.22. The van der Waals surface area contributed by atoms with E-state index in [0.717, 1.165) is 18.5 Å². The van der Waals surface area contributed by atoms with Gasteiger partial charge in [0.1, 0.15) is 5.54 Å². The Labute approximate surface area is 165 Å². The molecule has 1 spiro atoms. The predicted molar refractivity (Wildman–Crippen MR) is 110 cm³/mol. The molecule has 3 nitrogen and oxygen atoms in total. The molecule has 0 amide bonds. The summed E-state index contributed by atoms with van der Waals surface area (Å²) in [6, 6.07) is 16.1. The third-order valence-corrected chi connectivity index (χ3v) is 7.46. The Morgan fingerprint density at radius 1 is 1.07 bits per heavy atom. The minimum absolute atomic E-state index is 0.0883. The summed E-state index contributed by atoms with van der Waals surface area (Å²) in [5.41, 5.74) is 2.80. The molecule has 0 saturated heterocycles. The van der Waals surface area contributed by atoms with Crippen molar-refractivity contribution in [3.8, 4) is 0 Å². The number of fused-ring (bicyclic) bond motifs is 2. The lowest BCUT2D eigenvalue weighted by Gasteiger charge is -2.46. The lowest BCUT2D eigenvalue weighted by Crippen LogP contribution is -2.52. The number of carboxylic acid groups (broad SMARTS) is 1. The molecule has 1 fully saturated rings. The predicted octanol–water partition coefficient (Wildman–Crippen LogP) is 5.84. The number of halogens is 1. The molecule has 2 aliphatic rings. The second-order valence-electron chi connectivity index (χ2n) is 8.34. The van der Waals surface area contributed by atoms with E-state index in [1.807, 2.05) is 12.1 Å². The molecule has 0 radical (unpaired) electrons. The van der Waals surface area contributed by atoms with E-state index in [4.69, 9.17) is 11.6 Å². The van der Waals surface area contributed by atoms with E-state index in [2.05, 4.69) is 43.4 Å². The van der Waals surface area contributed by atoms with Gasteiger partial charge in [0, 0.05) is 10.7 Å². The molecule has 0 aliphatic heterocycles. The van der Waals surface area contributed by atoms with Crippen molar-refractivity contribution >= 4 is 23.3 Å². The van der Waals surface area contributed by atoms with Crippen LogP contribution >= 0.6 is 11.6 Å². The first-order valence-corrected chi connectivity index (χ1v) is 10.1. The van der Waals surface area contributed by atoms with Crippen molar-refractivity contribution in [3.05, 3.63) is 64.7 Å². The molecule has 27 heavy (non-hydrogen) atoms. The Hall–Kier alpha value is -2.00. The molecule has 2 aromatic rings. The highest BCUT2D eigenvalue weighted by Gasteiger charge is 2.54. The lowest BCUT2D eigenvalue weighted by atomic mass is 9.60. The maximum absolute atomic E-state index is 12.3. The van der Waals surface area contributed by atoms with Crippen molar-refractivity contribution in [3.63, 3.8) is 0 Å². The fourth-order valence-corrected chi connectivity index (χ4v) is 5.61. The van der Waals surface area contributed by atoms with Gasteiger partial charge in [-0.25, -0.2) is 4.79 Å². The Morgan fingerprint density at radius 2 is 1.78 bits per heavy atom. The summed E-state index contributed by atoms with van der Waals surface area (Å²) in [5.74, 6) is 0.261. The van der Waals surface area contributed by atoms with Crippen LogP contribution in [0.4, 0.5) is 5.69 Å². The zero-order chi connectivity index (χ0) is 19.2. The van der Waals surface area contributed by atoms with Crippen LogP contribution in [0.2, 0.25) is 5.02 Å². The SMILES string of the molecule is C[C@H]1c2ccccc2C2(CCC(Nc3cccc(Cl)c3)(C(=O)O)CC2)[C@H]1C. The van der Waals surface area contributed by atoms with E-state index in [0.29, 0.717) is 29.7 Å². The third kappa shape index (κ3) is 2.84. The molecule has 2 N–H and O–H groups in total. The molecule has 2 aromatic carbocycles. The minimum atomic E-state index is -0.934. The molecule has 142 valence electrons. The van der Waals surface area contributed by atoms with E-state index in [9.17, 15) is 9.90 Å². The van der Waals surface area contributed by atoms with Gasteiger partial charge in [0.05, 0.1) is 0 Å². The van der Waals surface area contributed by atoms with Crippen LogP contribution in [0, 0.1) is 5.92 Å². The first-order chi connectivity index (χ1) is 12.9. The average molecular weight is 384 g/mol. The number of rotatable bonds is 3. The number of benzene rings is 2. The zero-order valence-electron chi connectivity index (χ0n) is 15.8. The van der Waals surface area contributed by atoms with E-state index >= 15 is 0 Å². The summed E-state index contributed by atoms with van der Waals surface area (Å²) in [4.78, 5) is 12.3. The minimum Gasteiger partial charge on any atom is -0.480 e. The summed E-state index contributed by atoms with van der Waals surface area (Å²) in [5, 5.41) is 14.0. The van der Waals surface area contributed by atoms with Crippen molar-refractivity contribution in [2.45, 2.75) is 56.4 Å². The molecular formula is C23H26ClNO2. The van der Waals surface area contributed by atoms with Crippen LogP contribution in [0.5, 0.6) is 0 Å². The van der Waals surface area contributed by atoms with Gasteiger partial charge in [-0.2, -0.15) is 0 Å². The Morgan fingerprint density at radius 3 is 2.44 bits per heavy atom. The molecule has 0 unspecified atom stereocenters. The van der Waals surface area contributed by atoms with E-state index in [-0.39, 0.29) is 5.41 Å². The number of anilines is 1. The monoisotopic (exact) mass is 383 g/mol. The standard InChI is InChI=1S/C23H26ClNO2/c1-15-16(2)22(20-9-4-3-8-19(15)20)10-12-23(13-11-22,21(26)27)25-18-7-5-6-17(24)14-18/h3-9,14-16,25H,10-13H2,1-2H3,(H,26,27)/t15-,16+,22?,23?/m1/s1. The largest absolute Gasteiger partial charge is 0.480 e. The van der Waals surface area contributed by atoms with Gasteiger partial charge in [0.25, 0.3) is 0 Å². The molecular weight excluding hydrogens is 358 g/mol. The van der Waals surface area contributed by atoms with Crippen LogP contribution in [0.1, 0.15) is 56.6 Å². The van der Waals surface area contributed by atoms with Crippen LogP contribution in [-0.2, 0) is 10.2 Å². The maximum Gasteiger partial charge on any atom is 0.329 e. The van der Waals surface area contributed by atoms with E-state index in [1.54, 1.807) is 12.1 Å². The van der Waals surface area contributed by atoms with Gasteiger partial charge in [-0.1, -0.05) is 55.8 Å². The quantitative estimate of drug-likeness (QED) is 0.699. The Bertz CT molecular complexity index is 870. The molecule has 0 heterocycles. The van der Waals surface area contributed by atoms with Crippen LogP contribution in [-0.4, -0.2) is 16.6 Å². The number of carboxylic acids is 1. The zero-order valence-corrected chi connectivity index (χ0v) is 16.6. The number of nitrogens with one attached hydrogen (secondary N) is 1. The number of hydrogen-bond donors (Lipinski definition) is 2. The van der Waals surface area contributed by atoms with Gasteiger partial charge >= 0.3 is 5.97 Å². The highest BCUT2D eigenvalue weighted by Crippen LogP contribution is 2.58. The maximum atomic E-state index is 12.3. The van der Waals surface area contributed by atoms with Gasteiger partial charge in [-0.05, 0) is 72.3 Å². The number of hydrogen-bond acceptors (Lipinski definition) is 2. The second kappa shape index (κ2) is 6.56. The first kappa shape index (κ1) is 18.4. The van der Waals surface area contributed by atoms with Crippen molar-refractivity contribution in [2.24, 2.45) is 5.92 Å². The topological polar surface area (TPSA) is 49.3 Å². The van der Waals surface area contributed by atoms with Crippen LogP contribution in [0.25, 0.3) is 0 Å². The summed E-state index contributed by atoms with van der Waals surface area (Å²) >= 11 is 6.09. The van der Waals surface area contributed by atoms with Crippen LogP contribution in [0.15, 0.2) is 48.5 Å². The van der Waals surface area contributed by atoms with E-state index < -0.39 is 11.5 Å². The van der Waals surface area contributed by atoms with Crippen molar-refractivity contribution in [1.29, 1.82) is 0 Å². The van der Waals surface area contributed by atoms with E-state index in [1.165, 1.54) is 11.1 Å². The molecule has 4 rings (SSSR count). The lowest BCUT2D eigenvalue weighted by molar-refractivity contribution is -0.144. The second-order valence-corrected chi connectivity index (χ2v) is 8.78. The molecule has 0 bridgehead atoms. The van der Waals surface area contributed by atoms with Gasteiger partial charge in [0.15, 0.2) is 0 Å². The highest BCUT2D eigenvalue weighted by molar-refractivity contribution is 6.30. The first-order valence-electron chi connectivity index (χ1n) is 9.75. The van der Waals surface area contributed by atoms with Gasteiger partial charge < -0.3 is 10.4 Å². The fraction of sp³-hybridized carbons (Fsp3) is 0.435. The summed E-state index contributed by atoms with van der Waals surface area (Å²) in [6.45, 7) is 4.64. The Kier molecular flexibility index (Phi) is 4.46. The van der Waals surface area contributed by atoms with Gasteiger partial charge in [-0.15, -0.1) is 0 Å². The number of carbonyl (C=O) groups is 1. The van der Waals surface area contributed by atoms with Crippen LogP contribution in [0.3, 0.4) is 0 Å². The summed E-state index contributed by atoms with van der Waals surface area (Å²) < 4.78 is 0. The summed E-state index contributed by atoms with van der Waals surface area (Å²) in [7, 11) is 0. The normalized spacial score (nSPS) is 32.3. The number of aliphatic carboxylic acids is 1. The smallest absolute Gasteiger partial charge is 0.329 e. The van der Waals surface area contributed by atoms with Crippen LogP contribution < -0.4 is 5.32 Å².